The highest BCUT2D eigenvalue weighted by Crippen LogP contribution is 2.47. The van der Waals surface area contributed by atoms with Gasteiger partial charge in [0.1, 0.15) is 0 Å². The molecule has 0 atom stereocenters. The van der Waals surface area contributed by atoms with E-state index < -0.39 is 0 Å². The summed E-state index contributed by atoms with van der Waals surface area (Å²) in [6.45, 7) is 0.677. The fourth-order valence-electron chi connectivity index (χ4n) is 3.24. The second kappa shape index (κ2) is 5.50. The lowest BCUT2D eigenvalue weighted by Crippen LogP contribution is -2.40. The van der Waals surface area contributed by atoms with Crippen molar-refractivity contribution in [1.29, 1.82) is 0 Å². The van der Waals surface area contributed by atoms with Crippen molar-refractivity contribution in [3.05, 3.63) is 34.3 Å². The lowest BCUT2D eigenvalue weighted by Gasteiger charge is -2.27. The zero-order chi connectivity index (χ0) is 15.1. The van der Waals surface area contributed by atoms with Crippen LogP contribution in [0.5, 0.6) is 0 Å². The van der Waals surface area contributed by atoms with Gasteiger partial charge in [0.05, 0.1) is 12.7 Å². The Morgan fingerprint density at radius 1 is 1.41 bits per heavy atom. The van der Waals surface area contributed by atoms with E-state index in [1.54, 1.807) is 22.2 Å². The van der Waals surface area contributed by atoms with E-state index in [9.17, 15) is 4.79 Å². The molecule has 0 bridgehead atoms. The first-order valence-electron chi connectivity index (χ1n) is 7.92. The van der Waals surface area contributed by atoms with Crippen LogP contribution in [0, 0.1) is 11.8 Å². The molecule has 2 aromatic rings. The Kier molecular flexibility index (Phi) is 3.48. The van der Waals surface area contributed by atoms with Crippen LogP contribution in [-0.2, 0) is 6.54 Å². The normalized spacial score (nSPS) is 17.9. The van der Waals surface area contributed by atoms with Crippen LogP contribution in [0.1, 0.15) is 41.0 Å². The molecule has 4 rings (SSSR count). The standard InChI is InChI=1S/C16H20N4OS/c1-19(15(11-4-5-11)12-6-7-12)16(21)14-10-20(18-17-14)9-13-3-2-8-22-13/h2-3,8,10-12,15H,4-7,9H2,1H3. The highest BCUT2D eigenvalue weighted by Gasteiger charge is 2.45. The van der Waals surface area contributed by atoms with Crippen molar-refractivity contribution < 1.29 is 4.79 Å². The van der Waals surface area contributed by atoms with E-state index >= 15 is 0 Å². The van der Waals surface area contributed by atoms with Crippen molar-refractivity contribution in [3.8, 4) is 0 Å². The predicted octanol–water partition coefficient (Wildman–Crippen LogP) is 2.65. The van der Waals surface area contributed by atoms with Crippen LogP contribution < -0.4 is 0 Å². The number of thiophene rings is 1. The third-order valence-corrected chi connectivity index (χ3v) is 5.49. The van der Waals surface area contributed by atoms with Gasteiger partial charge in [-0.05, 0) is 49.0 Å². The Morgan fingerprint density at radius 2 is 2.14 bits per heavy atom. The minimum atomic E-state index is 0.0150. The van der Waals surface area contributed by atoms with Crippen LogP contribution in [0.25, 0.3) is 0 Å². The summed E-state index contributed by atoms with van der Waals surface area (Å²) < 4.78 is 1.75. The molecule has 2 heterocycles. The summed E-state index contributed by atoms with van der Waals surface area (Å²) in [4.78, 5) is 15.8. The minimum absolute atomic E-state index is 0.0150. The molecule has 0 aliphatic heterocycles. The smallest absolute Gasteiger partial charge is 0.276 e. The first-order chi connectivity index (χ1) is 10.7. The maximum Gasteiger partial charge on any atom is 0.276 e. The Labute approximate surface area is 133 Å². The first kappa shape index (κ1) is 13.9. The van der Waals surface area contributed by atoms with E-state index in [0.717, 1.165) is 0 Å². The Hall–Kier alpha value is -1.69. The van der Waals surface area contributed by atoms with Crippen LogP contribution >= 0.6 is 11.3 Å². The average molecular weight is 316 g/mol. The minimum Gasteiger partial charge on any atom is -0.337 e. The summed E-state index contributed by atoms with van der Waals surface area (Å²) in [5, 5.41) is 10.2. The number of aromatic nitrogens is 3. The summed E-state index contributed by atoms with van der Waals surface area (Å²) in [6, 6.07) is 4.50. The van der Waals surface area contributed by atoms with Crippen molar-refractivity contribution >= 4 is 17.2 Å². The number of hydrogen-bond acceptors (Lipinski definition) is 4. The monoisotopic (exact) mass is 316 g/mol. The number of carbonyl (C=O) groups is 1. The van der Waals surface area contributed by atoms with Gasteiger partial charge < -0.3 is 4.90 Å². The van der Waals surface area contributed by atoms with E-state index in [-0.39, 0.29) is 5.91 Å². The maximum atomic E-state index is 12.7. The van der Waals surface area contributed by atoms with E-state index in [1.165, 1.54) is 30.6 Å². The summed E-state index contributed by atoms with van der Waals surface area (Å²) in [5.41, 5.74) is 0.463. The highest BCUT2D eigenvalue weighted by molar-refractivity contribution is 7.09. The fourth-order valence-corrected chi connectivity index (χ4v) is 3.94. The number of carbonyl (C=O) groups excluding carboxylic acids is 1. The van der Waals surface area contributed by atoms with E-state index in [1.807, 2.05) is 23.4 Å². The molecule has 2 aliphatic rings. The van der Waals surface area contributed by atoms with Gasteiger partial charge in [-0.25, -0.2) is 4.68 Å². The fraction of sp³-hybridized carbons (Fsp3) is 0.562. The zero-order valence-electron chi connectivity index (χ0n) is 12.7. The molecule has 0 aromatic carbocycles. The van der Waals surface area contributed by atoms with Gasteiger partial charge in [-0.3, -0.25) is 4.79 Å². The highest BCUT2D eigenvalue weighted by atomic mass is 32.1. The second-order valence-corrected chi connectivity index (χ2v) is 7.49. The van der Waals surface area contributed by atoms with Gasteiger partial charge >= 0.3 is 0 Å². The van der Waals surface area contributed by atoms with Crippen LogP contribution in [0.15, 0.2) is 23.7 Å². The molecular formula is C16H20N4OS. The van der Waals surface area contributed by atoms with Crippen molar-refractivity contribution in [3.63, 3.8) is 0 Å². The largest absolute Gasteiger partial charge is 0.337 e. The van der Waals surface area contributed by atoms with Crippen molar-refractivity contribution in [2.45, 2.75) is 38.3 Å². The molecule has 0 spiro atoms. The molecule has 2 aromatic heterocycles. The van der Waals surface area contributed by atoms with Gasteiger partial charge in [-0.15, -0.1) is 16.4 Å². The van der Waals surface area contributed by atoms with Crippen molar-refractivity contribution in [2.24, 2.45) is 11.8 Å². The summed E-state index contributed by atoms with van der Waals surface area (Å²) in [6.07, 6.45) is 6.84. The summed E-state index contributed by atoms with van der Waals surface area (Å²) >= 11 is 1.69. The topological polar surface area (TPSA) is 51.0 Å². The van der Waals surface area contributed by atoms with Crippen LogP contribution in [-0.4, -0.2) is 38.9 Å². The average Bonchev–Trinajstić information content (AvgIpc) is 3.44. The molecule has 5 nitrogen and oxygen atoms in total. The van der Waals surface area contributed by atoms with Gasteiger partial charge in [0.2, 0.25) is 0 Å². The molecule has 2 aliphatic carbocycles. The number of rotatable bonds is 6. The van der Waals surface area contributed by atoms with Crippen molar-refractivity contribution in [2.75, 3.05) is 7.05 Å². The molecule has 0 N–H and O–H groups in total. The predicted molar refractivity (Wildman–Crippen MR) is 84.8 cm³/mol. The Balaban J connectivity index is 1.46. The zero-order valence-corrected chi connectivity index (χ0v) is 13.5. The lowest BCUT2D eigenvalue weighted by molar-refractivity contribution is 0.0684. The molecule has 116 valence electrons. The van der Waals surface area contributed by atoms with Gasteiger partial charge in [-0.1, -0.05) is 11.3 Å². The van der Waals surface area contributed by atoms with Gasteiger partial charge in [0.25, 0.3) is 5.91 Å². The second-order valence-electron chi connectivity index (χ2n) is 6.46. The van der Waals surface area contributed by atoms with E-state index in [0.29, 0.717) is 30.1 Å². The van der Waals surface area contributed by atoms with E-state index in [2.05, 4.69) is 16.4 Å². The van der Waals surface area contributed by atoms with Gasteiger partial charge in [0, 0.05) is 18.0 Å². The van der Waals surface area contributed by atoms with Crippen molar-refractivity contribution in [1.82, 2.24) is 19.9 Å². The Morgan fingerprint density at radius 3 is 2.73 bits per heavy atom. The van der Waals surface area contributed by atoms with Crippen LogP contribution in [0.4, 0.5) is 0 Å². The SMILES string of the molecule is CN(C(=O)c1cn(Cc2cccs2)nn1)C(C1CC1)C1CC1. The molecule has 0 radical (unpaired) electrons. The summed E-state index contributed by atoms with van der Waals surface area (Å²) in [5.74, 6) is 1.44. The van der Waals surface area contributed by atoms with Crippen LogP contribution in [0.2, 0.25) is 0 Å². The van der Waals surface area contributed by atoms with Gasteiger partial charge in [0.15, 0.2) is 5.69 Å². The number of hydrogen-bond donors (Lipinski definition) is 0. The number of nitrogens with zero attached hydrogens (tertiary/aromatic N) is 4. The molecule has 6 heteroatoms. The maximum absolute atomic E-state index is 12.7. The lowest BCUT2D eigenvalue weighted by atomic mass is 10.1. The number of amides is 1. The first-order valence-corrected chi connectivity index (χ1v) is 8.80. The summed E-state index contributed by atoms with van der Waals surface area (Å²) in [7, 11) is 1.93. The third kappa shape index (κ3) is 2.79. The molecule has 1 amide bonds. The molecular weight excluding hydrogens is 296 g/mol. The third-order valence-electron chi connectivity index (χ3n) is 4.63. The van der Waals surface area contributed by atoms with Crippen LogP contribution in [0.3, 0.4) is 0 Å². The van der Waals surface area contributed by atoms with Gasteiger partial charge in [-0.2, -0.15) is 0 Å². The molecule has 0 unspecified atom stereocenters. The molecule has 2 saturated carbocycles. The Bertz CT molecular complexity index is 646. The molecule has 2 fully saturated rings. The molecule has 0 saturated heterocycles. The molecule has 22 heavy (non-hydrogen) atoms. The quantitative estimate of drug-likeness (QED) is 0.823. The van der Waals surface area contributed by atoms with E-state index in [4.69, 9.17) is 0 Å².